The molecule has 21 heavy (non-hydrogen) atoms. The lowest BCUT2D eigenvalue weighted by molar-refractivity contribution is -0.118. The number of carbonyl (C=O) groups excluding carboxylic acids is 1. The van der Waals surface area contributed by atoms with Crippen LogP contribution >= 0.6 is 22.9 Å². The van der Waals surface area contributed by atoms with Crippen molar-refractivity contribution in [2.45, 2.75) is 6.92 Å². The van der Waals surface area contributed by atoms with Crippen LogP contribution in [0, 0.1) is 6.92 Å². The van der Waals surface area contributed by atoms with Gasteiger partial charge in [0.2, 0.25) is 0 Å². The molecule has 2 aromatic rings. The highest BCUT2D eigenvalue weighted by Gasteiger charge is 2.14. The molecular weight excluding hydrogens is 314 g/mol. The molecule has 0 aliphatic rings. The minimum atomic E-state index is -1.07. The average molecular weight is 326 g/mol. The van der Waals surface area contributed by atoms with E-state index >= 15 is 0 Å². The minimum Gasteiger partial charge on any atom is -0.483 e. The lowest BCUT2D eigenvalue weighted by Crippen LogP contribution is -2.21. The maximum atomic E-state index is 11.8. The summed E-state index contributed by atoms with van der Waals surface area (Å²) < 4.78 is 5.39. The zero-order chi connectivity index (χ0) is 15.4. The van der Waals surface area contributed by atoms with E-state index in [0.717, 1.165) is 16.9 Å². The third-order valence-corrected chi connectivity index (χ3v) is 3.77. The van der Waals surface area contributed by atoms with Crippen molar-refractivity contribution in [3.05, 3.63) is 45.1 Å². The van der Waals surface area contributed by atoms with E-state index in [1.807, 2.05) is 6.92 Å². The fourth-order valence-corrected chi connectivity index (χ4v) is 2.59. The average Bonchev–Trinajstić information content (AvgIpc) is 2.86. The molecule has 1 aromatic heterocycles. The lowest BCUT2D eigenvalue weighted by Gasteiger charge is -2.09. The van der Waals surface area contributed by atoms with Crippen LogP contribution in [-0.2, 0) is 4.79 Å². The van der Waals surface area contributed by atoms with Crippen molar-refractivity contribution in [2.75, 3.05) is 11.9 Å². The fraction of sp³-hybridized carbons (Fsp3) is 0.143. The Balaban J connectivity index is 1.96. The summed E-state index contributed by atoms with van der Waals surface area (Å²) in [7, 11) is 0. The summed E-state index contributed by atoms with van der Waals surface area (Å²) in [4.78, 5) is 22.8. The van der Waals surface area contributed by atoms with Gasteiger partial charge in [-0.1, -0.05) is 11.6 Å². The highest BCUT2D eigenvalue weighted by atomic mass is 35.5. The summed E-state index contributed by atoms with van der Waals surface area (Å²) in [6, 6.07) is 6.62. The molecule has 5 nitrogen and oxygen atoms in total. The SMILES string of the molecule is Cc1cc(Cl)ccc1OCC(=O)Nc1ccsc1C(=O)O. The molecule has 2 rings (SSSR count). The number of aryl methyl sites for hydroxylation is 1. The van der Waals surface area contributed by atoms with E-state index in [1.54, 1.807) is 29.6 Å². The number of aromatic carboxylic acids is 1. The summed E-state index contributed by atoms with van der Waals surface area (Å²) in [6.45, 7) is 1.61. The molecule has 1 amide bonds. The molecule has 0 spiro atoms. The number of nitrogens with one attached hydrogen (secondary N) is 1. The zero-order valence-corrected chi connectivity index (χ0v) is 12.6. The second-order valence-corrected chi connectivity index (χ2v) is 5.57. The topological polar surface area (TPSA) is 75.6 Å². The molecule has 0 aliphatic carbocycles. The Morgan fingerprint density at radius 1 is 1.38 bits per heavy atom. The van der Waals surface area contributed by atoms with Crippen LogP contribution in [0.4, 0.5) is 5.69 Å². The molecule has 7 heteroatoms. The number of carboxylic acid groups (broad SMARTS) is 1. The van der Waals surface area contributed by atoms with Gasteiger partial charge < -0.3 is 15.2 Å². The van der Waals surface area contributed by atoms with Gasteiger partial charge in [0.15, 0.2) is 6.61 Å². The molecule has 1 heterocycles. The van der Waals surface area contributed by atoms with Crippen LogP contribution in [0.2, 0.25) is 5.02 Å². The number of ether oxygens (including phenoxy) is 1. The Morgan fingerprint density at radius 2 is 2.14 bits per heavy atom. The Hall–Kier alpha value is -2.05. The van der Waals surface area contributed by atoms with E-state index in [4.69, 9.17) is 21.4 Å². The number of anilines is 1. The molecule has 0 aliphatic heterocycles. The summed E-state index contributed by atoms with van der Waals surface area (Å²) in [5.74, 6) is -0.946. The molecule has 1 aromatic carbocycles. The largest absolute Gasteiger partial charge is 0.483 e. The van der Waals surface area contributed by atoms with Crippen molar-refractivity contribution in [3.63, 3.8) is 0 Å². The highest BCUT2D eigenvalue weighted by Crippen LogP contribution is 2.23. The van der Waals surface area contributed by atoms with Crippen molar-refractivity contribution in [3.8, 4) is 5.75 Å². The van der Waals surface area contributed by atoms with E-state index in [2.05, 4.69) is 5.32 Å². The molecule has 0 bridgehead atoms. The minimum absolute atomic E-state index is 0.0889. The molecule has 0 saturated carbocycles. The van der Waals surface area contributed by atoms with E-state index in [-0.39, 0.29) is 17.2 Å². The molecule has 110 valence electrons. The van der Waals surface area contributed by atoms with Gasteiger partial charge >= 0.3 is 5.97 Å². The zero-order valence-electron chi connectivity index (χ0n) is 11.1. The van der Waals surface area contributed by atoms with Crippen LogP contribution in [0.3, 0.4) is 0 Å². The maximum absolute atomic E-state index is 11.8. The quantitative estimate of drug-likeness (QED) is 0.883. The molecule has 2 N–H and O–H groups in total. The number of rotatable bonds is 5. The van der Waals surface area contributed by atoms with Crippen LogP contribution in [0.1, 0.15) is 15.2 Å². The normalized spacial score (nSPS) is 10.2. The highest BCUT2D eigenvalue weighted by molar-refractivity contribution is 7.12. The van der Waals surface area contributed by atoms with Crippen LogP contribution in [-0.4, -0.2) is 23.6 Å². The number of hydrogen-bond donors (Lipinski definition) is 2. The van der Waals surface area contributed by atoms with Crippen molar-refractivity contribution in [2.24, 2.45) is 0 Å². The van der Waals surface area contributed by atoms with Crippen LogP contribution in [0.5, 0.6) is 5.75 Å². The molecule has 0 atom stereocenters. The summed E-state index contributed by atoms with van der Waals surface area (Å²) >= 11 is 6.88. The summed E-state index contributed by atoms with van der Waals surface area (Å²) in [6.07, 6.45) is 0. The third-order valence-electron chi connectivity index (χ3n) is 2.63. The maximum Gasteiger partial charge on any atom is 0.348 e. The van der Waals surface area contributed by atoms with E-state index < -0.39 is 11.9 Å². The van der Waals surface area contributed by atoms with Crippen LogP contribution in [0.25, 0.3) is 0 Å². The lowest BCUT2D eigenvalue weighted by atomic mass is 10.2. The smallest absolute Gasteiger partial charge is 0.348 e. The van der Waals surface area contributed by atoms with Crippen molar-refractivity contribution in [1.29, 1.82) is 0 Å². The Kier molecular flexibility index (Phi) is 4.82. The molecule has 0 saturated heterocycles. The van der Waals surface area contributed by atoms with Gasteiger partial charge in [0.25, 0.3) is 5.91 Å². The van der Waals surface area contributed by atoms with E-state index in [9.17, 15) is 9.59 Å². The van der Waals surface area contributed by atoms with Gasteiger partial charge in [-0.25, -0.2) is 4.79 Å². The van der Waals surface area contributed by atoms with Crippen LogP contribution < -0.4 is 10.1 Å². The first-order valence-corrected chi connectivity index (χ1v) is 7.22. The first-order chi connectivity index (χ1) is 9.97. The fourth-order valence-electron chi connectivity index (χ4n) is 1.68. The monoisotopic (exact) mass is 325 g/mol. The Bertz CT molecular complexity index is 683. The van der Waals surface area contributed by atoms with Gasteiger partial charge in [-0.2, -0.15) is 0 Å². The van der Waals surface area contributed by atoms with Gasteiger partial charge in [-0.3, -0.25) is 4.79 Å². The predicted octanol–water partition coefficient (Wildman–Crippen LogP) is 3.43. The van der Waals surface area contributed by atoms with Gasteiger partial charge in [-0.05, 0) is 42.1 Å². The number of hydrogen-bond acceptors (Lipinski definition) is 4. The van der Waals surface area contributed by atoms with Gasteiger partial charge in [0, 0.05) is 5.02 Å². The molecule has 0 unspecified atom stereocenters. The van der Waals surface area contributed by atoms with E-state index in [1.165, 1.54) is 0 Å². The van der Waals surface area contributed by atoms with Crippen molar-refractivity contribution in [1.82, 2.24) is 0 Å². The molecule has 0 fully saturated rings. The van der Waals surface area contributed by atoms with Gasteiger partial charge in [0.1, 0.15) is 10.6 Å². The van der Waals surface area contributed by atoms with Crippen molar-refractivity contribution >= 4 is 40.5 Å². The molecule has 0 radical (unpaired) electrons. The second-order valence-electron chi connectivity index (χ2n) is 4.22. The van der Waals surface area contributed by atoms with Gasteiger partial charge in [0.05, 0.1) is 5.69 Å². The Morgan fingerprint density at radius 3 is 2.81 bits per heavy atom. The standard InChI is InChI=1S/C14H12ClNO4S/c1-8-6-9(15)2-3-11(8)20-7-12(17)16-10-4-5-21-13(10)14(18)19/h2-6H,7H2,1H3,(H,16,17)(H,18,19). The number of benzene rings is 1. The second kappa shape index (κ2) is 6.60. The number of halogens is 1. The first-order valence-electron chi connectivity index (χ1n) is 5.97. The van der Waals surface area contributed by atoms with Gasteiger partial charge in [-0.15, -0.1) is 11.3 Å². The van der Waals surface area contributed by atoms with Crippen LogP contribution in [0.15, 0.2) is 29.6 Å². The Labute approximate surface area is 130 Å². The number of carbonyl (C=O) groups is 2. The number of amides is 1. The summed E-state index contributed by atoms with van der Waals surface area (Å²) in [5, 5.41) is 13.7. The summed E-state index contributed by atoms with van der Waals surface area (Å²) in [5.41, 5.74) is 1.09. The van der Waals surface area contributed by atoms with E-state index in [0.29, 0.717) is 10.8 Å². The number of thiophene rings is 1. The molecular formula is C14H12ClNO4S. The van der Waals surface area contributed by atoms with Crippen molar-refractivity contribution < 1.29 is 19.4 Å². The first kappa shape index (κ1) is 15.3. The predicted molar refractivity (Wildman–Crippen MR) is 81.6 cm³/mol. The third kappa shape index (κ3) is 3.96. The number of carboxylic acids is 1.